The maximum Gasteiger partial charge on any atom is 0.547 e. The Morgan fingerprint density at radius 1 is 1.50 bits per heavy atom. The predicted molar refractivity (Wildman–Crippen MR) is 111 cm³/mol. The second kappa shape index (κ2) is 9.14. The van der Waals surface area contributed by atoms with Crippen LogP contribution in [0.15, 0.2) is 22.7 Å². The number of carbonyl (C=O) groups excluding carboxylic acids is 2. The molecule has 0 radical (unpaired) electrons. The van der Waals surface area contributed by atoms with Crippen molar-refractivity contribution in [1.29, 1.82) is 0 Å². The zero-order valence-corrected chi connectivity index (χ0v) is 17.2. The molecule has 12 heteroatoms. The van der Waals surface area contributed by atoms with Gasteiger partial charge in [0.2, 0.25) is 0 Å². The molecule has 2 aromatic rings. The normalized spacial score (nSPS) is 15.9. The first-order chi connectivity index (χ1) is 14.3. The summed E-state index contributed by atoms with van der Waals surface area (Å²) in [5, 5.41) is 26.9. The highest BCUT2D eigenvalue weighted by molar-refractivity contribution is 7.13. The lowest BCUT2D eigenvalue weighted by atomic mass is 9.72. The van der Waals surface area contributed by atoms with Crippen LogP contribution in [0.5, 0.6) is 5.75 Å². The van der Waals surface area contributed by atoms with Crippen LogP contribution in [0.4, 0.5) is 5.13 Å². The summed E-state index contributed by atoms with van der Waals surface area (Å²) < 4.78 is 10.3. The number of aromatic nitrogens is 1. The number of anilines is 1. The van der Waals surface area contributed by atoms with Crippen LogP contribution in [0.25, 0.3) is 0 Å². The Kier molecular flexibility index (Phi) is 6.58. The average Bonchev–Trinajstić information content (AvgIpc) is 3.13. The minimum Gasteiger partial charge on any atom is -0.534 e. The number of methoxy groups -OCH3 is 1. The van der Waals surface area contributed by atoms with Crippen LogP contribution in [-0.4, -0.2) is 53.0 Å². The van der Waals surface area contributed by atoms with Gasteiger partial charge in [-0.15, -0.1) is 11.3 Å². The fraction of sp³-hybridized carbons (Fsp3) is 0.333. The lowest BCUT2D eigenvalue weighted by Crippen LogP contribution is -2.54. The molecule has 1 aliphatic heterocycles. The Bertz CT molecular complexity index is 995. The molecular weight excluding hydrogens is 411 g/mol. The number of nitrogens with zero attached hydrogens (tertiary/aromatic N) is 2. The quantitative estimate of drug-likeness (QED) is 0.169. The number of fused-ring (bicyclic) bond motifs is 1. The number of rotatable bonds is 6. The van der Waals surface area contributed by atoms with E-state index in [1.165, 1.54) is 12.5 Å². The summed E-state index contributed by atoms with van der Waals surface area (Å²) in [6.07, 6.45) is 1.02. The number of thiazole rings is 1. The molecule has 0 saturated carbocycles. The molecule has 0 unspecified atom stereocenters. The molecule has 30 heavy (non-hydrogen) atoms. The van der Waals surface area contributed by atoms with Crippen molar-refractivity contribution < 1.29 is 29.2 Å². The molecule has 2 heterocycles. The summed E-state index contributed by atoms with van der Waals surface area (Å²) in [4.78, 5) is 27.9. The van der Waals surface area contributed by atoms with Gasteiger partial charge in [-0.25, -0.2) is 4.98 Å². The van der Waals surface area contributed by atoms with Gasteiger partial charge >= 0.3 is 13.1 Å². The number of oxime groups is 1. The minimum atomic E-state index is -1.29. The van der Waals surface area contributed by atoms with Crippen molar-refractivity contribution in [1.82, 2.24) is 10.3 Å². The summed E-state index contributed by atoms with van der Waals surface area (Å²) in [5.41, 5.74) is 7.88. The largest absolute Gasteiger partial charge is 0.547 e. The predicted octanol–water partition coefficient (Wildman–Crippen LogP) is 0.457. The topological polar surface area (TPSA) is 156 Å². The molecule has 1 amide bonds. The summed E-state index contributed by atoms with van der Waals surface area (Å²) >= 11 is 1.10. The molecule has 0 fully saturated rings. The Labute approximate surface area is 176 Å². The van der Waals surface area contributed by atoms with Crippen molar-refractivity contribution in [3.63, 3.8) is 0 Å². The number of amides is 1. The molecule has 1 aliphatic rings. The van der Waals surface area contributed by atoms with Crippen molar-refractivity contribution in [3.8, 4) is 5.75 Å². The van der Waals surface area contributed by atoms with Gasteiger partial charge in [0.25, 0.3) is 5.91 Å². The van der Waals surface area contributed by atoms with Crippen LogP contribution < -0.4 is 15.7 Å². The highest BCUT2D eigenvalue weighted by atomic mass is 32.1. The summed E-state index contributed by atoms with van der Waals surface area (Å²) in [6, 6.07) is 3.76. The van der Waals surface area contributed by atoms with E-state index in [1.54, 1.807) is 0 Å². The van der Waals surface area contributed by atoms with E-state index < -0.39 is 19.0 Å². The van der Waals surface area contributed by atoms with Crippen LogP contribution in [0.3, 0.4) is 0 Å². The van der Waals surface area contributed by atoms with Crippen LogP contribution in [0, 0.1) is 6.92 Å². The van der Waals surface area contributed by atoms with Crippen molar-refractivity contribution in [2.75, 3.05) is 12.8 Å². The standard InChI is InChI=1S/C18H21BN4O6S/c1-9-5-10(3-4-14(24)28-2)6-11-7-13(19(26)29-16(9)11)22-17(25)15(23-27)12-8-30-18(20)21-12/h5-6,8,13,26-27H,3-4,7H2,1-2H3,(H2,20,21)(H,22,25)/b23-15-/t13-/m0/s1. The maximum absolute atomic E-state index is 12.6. The lowest BCUT2D eigenvalue weighted by Gasteiger charge is -2.29. The molecule has 3 rings (SSSR count). The Morgan fingerprint density at radius 2 is 2.27 bits per heavy atom. The Hall–Kier alpha value is -3.12. The van der Waals surface area contributed by atoms with Crippen molar-refractivity contribution in [2.24, 2.45) is 5.16 Å². The number of nitrogens with two attached hydrogens (primary N) is 1. The van der Waals surface area contributed by atoms with Crippen LogP contribution >= 0.6 is 11.3 Å². The molecule has 10 nitrogen and oxygen atoms in total. The van der Waals surface area contributed by atoms with E-state index in [-0.39, 0.29) is 35.3 Å². The molecule has 0 aliphatic carbocycles. The molecule has 1 atom stereocenters. The molecule has 0 saturated heterocycles. The van der Waals surface area contributed by atoms with Gasteiger partial charge in [0, 0.05) is 11.8 Å². The van der Waals surface area contributed by atoms with Crippen molar-refractivity contribution in [3.05, 3.63) is 39.9 Å². The molecule has 1 aromatic heterocycles. The first kappa shape index (κ1) is 21.6. The summed E-state index contributed by atoms with van der Waals surface area (Å²) in [6.45, 7) is 1.84. The number of nitrogens with one attached hydrogen (secondary N) is 1. The molecule has 5 N–H and O–H groups in total. The number of ether oxygens (including phenoxy) is 1. The summed E-state index contributed by atoms with van der Waals surface area (Å²) in [5.74, 6) is -1.27. The SMILES string of the molecule is COC(=O)CCc1cc(C)c2c(c1)C[C@H](NC(=O)/C(=N\O)c1csc(N)n1)B(O)O2. The third-order valence-corrected chi connectivity index (χ3v) is 5.35. The number of aryl methyl sites for hydroxylation is 2. The second-order valence-corrected chi connectivity index (χ2v) is 7.68. The van der Waals surface area contributed by atoms with Crippen molar-refractivity contribution >= 4 is 41.2 Å². The number of esters is 1. The monoisotopic (exact) mass is 432 g/mol. The van der Waals surface area contributed by atoms with E-state index in [2.05, 4.69) is 20.2 Å². The molecule has 0 bridgehead atoms. The fourth-order valence-electron chi connectivity index (χ4n) is 3.25. The van der Waals surface area contributed by atoms with Gasteiger partial charge in [-0.2, -0.15) is 0 Å². The Morgan fingerprint density at radius 3 is 2.90 bits per heavy atom. The van der Waals surface area contributed by atoms with E-state index in [4.69, 9.17) is 10.4 Å². The number of hydrogen-bond donors (Lipinski definition) is 4. The summed E-state index contributed by atoms with van der Waals surface area (Å²) in [7, 11) is 0.0499. The van der Waals surface area contributed by atoms with Gasteiger partial charge in [0.15, 0.2) is 10.8 Å². The zero-order chi connectivity index (χ0) is 21.8. The molecular formula is C18H21BN4O6S. The first-order valence-corrected chi connectivity index (χ1v) is 9.98. The highest BCUT2D eigenvalue weighted by Crippen LogP contribution is 2.31. The van der Waals surface area contributed by atoms with E-state index in [0.29, 0.717) is 12.2 Å². The van der Waals surface area contributed by atoms with Crippen LogP contribution in [0.2, 0.25) is 0 Å². The average molecular weight is 432 g/mol. The number of hydrogen-bond acceptors (Lipinski definition) is 10. The van der Waals surface area contributed by atoms with Gasteiger partial charge in [-0.05, 0) is 36.5 Å². The van der Waals surface area contributed by atoms with Gasteiger partial charge in [-0.3, -0.25) is 9.59 Å². The van der Waals surface area contributed by atoms with Gasteiger partial charge in [0.1, 0.15) is 11.4 Å². The number of carbonyl (C=O) groups is 2. The third kappa shape index (κ3) is 4.71. The highest BCUT2D eigenvalue weighted by Gasteiger charge is 2.38. The van der Waals surface area contributed by atoms with E-state index in [0.717, 1.165) is 28.0 Å². The fourth-order valence-corrected chi connectivity index (χ4v) is 3.80. The van der Waals surface area contributed by atoms with Crippen molar-refractivity contribution in [2.45, 2.75) is 32.1 Å². The minimum absolute atomic E-state index is 0.130. The van der Waals surface area contributed by atoms with Gasteiger partial charge in [0.05, 0.1) is 13.1 Å². The molecule has 1 aromatic carbocycles. The zero-order valence-electron chi connectivity index (χ0n) is 16.4. The maximum atomic E-state index is 12.6. The van der Waals surface area contributed by atoms with Crippen LogP contribution in [-0.2, 0) is 27.2 Å². The van der Waals surface area contributed by atoms with E-state index in [1.807, 2.05) is 19.1 Å². The molecule has 0 spiro atoms. The smallest absolute Gasteiger partial charge is 0.534 e. The van der Waals surface area contributed by atoms with Crippen LogP contribution in [0.1, 0.15) is 28.8 Å². The second-order valence-electron chi connectivity index (χ2n) is 6.79. The number of benzene rings is 1. The first-order valence-electron chi connectivity index (χ1n) is 9.10. The lowest BCUT2D eigenvalue weighted by molar-refractivity contribution is -0.140. The van der Waals surface area contributed by atoms with Gasteiger partial charge < -0.3 is 30.7 Å². The Balaban J connectivity index is 1.76. The van der Waals surface area contributed by atoms with Gasteiger partial charge in [-0.1, -0.05) is 17.3 Å². The number of nitrogen functional groups attached to an aromatic ring is 1. The molecule has 158 valence electrons. The third-order valence-electron chi connectivity index (χ3n) is 4.68. The van der Waals surface area contributed by atoms with E-state index in [9.17, 15) is 19.8 Å². The van der Waals surface area contributed by atoms with E-state index >= 15 is 0 Å².